The number of aryl methyl sites for hydroxylation is 1. The Labute approximate surface area is 623 Å². The van der Waals surface area contributed by atoms with Crippen molar-refractivity contribution in [3.05, 3.63) is 154 Å². The van der Waals surface area contributed by atoms with Crippen LogP contribution in [0.5, 0.6) is 17.2 Å². The van der Waals surface area contributed by atoms with Crippen molar-refractivity contribution in [2.24, 2.45) is 32.0 Å². The lowest BCUT2D eigenvalue weighted by Gasteiger charge is -2.27. The van der Waals surface area contributed by atoms with Crippen LogP contribution in [0.3, 0.4) is 0 Å². The zero-order valence-corrected chi connectivity index (χ0v) is 65.0. The minimum atomic E-state index is -4.43. The van der Waals surface area contributed by atoms with Crippen LogP contribution >= 0.6 is 56.6 Å². The lowest BCUT2D eigenvalue weighted by molar-refractivity contribution is 0.261. The number of aromatic nitrogens is 6. The molecule has 3 fully saturated rings. The molecule has 10 N–H and O–H groups in total. The van der Waals surface area contributed by atoms with E-state index in [1.807, 2.05) is 27.6 Å². The van der Waals surface area contributed by atoms with Gasteiger partial charge in [0.15, 0.2) is 34.8 Å². The Morgan fingerprint density at radius 2 is 0.907 bits per heavy atom. The number of nitrogens with one attached hydrogen (secondary N) is 6. The number of nitrogens with zero attached hydrogens (tertiary/aromatic N) is 9. The number of aromatic hydroxyl groups is 3. The second-order valence-electron chi connectivity index (χ2n) is 26.0. The second-order valence-corrected chi connectivity index (χ2v) is 39.7. The summed E-state index contributed by atoms with van der Waals surface area (Å²) in [6, 6.07) is 19.9. The van der Waals surface area contributed by atoms with Gasteiger partial charge in [0.2, 0.25) is 30.1 Å². The van der Waals surface area contributed by atoms with Crippen molar-refractivity contribution in [1.82, 2.24) is 29.3 Å². The molecule has 0 amide bonds. The lowest BCUT2D eigenvalue weighted by Crippen LogP contribution is -2.36. The quantitative estimate of drug-likeness (QED) is 0.0300. The Hall–Kier alpha value is -8.97. The molecule has 0 saturated heterocycles. The topological polar surface area (TPSA) is 467 Å². The highest BCUT2D eigenvalue weighted by Gasteiger charge is 2.40. The summed E-state index contributed by atoms with van der Waals surface area (Å²) in [6.45, 7) is 1.14. The number of sulfonamides is 3. The highest BCUT2D eigenvalue weighted by Crippen LogP contribution is 2.54. The molecule has 6 aliphatic rings. The van der Waals surface area contributed by atoms with E-state index >= 15 is 0 Å². The van der Waals surface area contributed by atoms with Crippen LogP contribution < -0.4 is 62.7 Å². The first kappa shape index (κ1) is 76.2. The number of hydrogen-bond acceptors (Lipinski definition) is 26. The number of fused-ring (bicyclic) bond motifs is 3. The molecule has 0 radical (unpaired) electrons. The molecular weight excluding hydrogens is 1560 g/mol. The summed E-state index contributed by atoms with van der Waals surface area (Å²) in [4.78, 5) is 51.8. The van der Waals surface area contributed by atoms with Crippen molar-refractivity contribution in [2.45, 2.75) is 77.4 Å². The van der Waals surface area contributed by atoms with Crippen molar-refractivity contribution in [3.63, 3.8) is 0 Å². The average Bonchev–Trinajstić information content (AvgIpc) is 1.01. The maximum Gasteiger partial charge on any atom is 0.348 e. The summed E-state index contributed by atoms with van der Waals surface area (Å²) in [5.41, 5.74) is 0.786. The second kappa shape index (κ2) is 29.9. The van der Waals surface area contributed by atoms with E-state index in [9.17, 15) is 73.5 Å². The van der Waals surface area contributed by atoms with Gasteiger partial charge in [0.05, 0.1) is 56.6 Å². The van der Waals surface area contributed by atoms with Gasteiger partial charge in [0.1, 0.15) is 33.8 Å². The van der Waals surface area contributed by atoms with E-state index in [0.717, 1.165) is 76.6 Å². The molecule has 15 rings (SSSR count). The molecule has 33 nitrogen and oxygen atoms in total. The Kier molecular flexibility index (Phi) is 21.3. The molecular formula is C65H70N15O18P3S6. The normalized spacial score (nSPS) is 19.6. The van der Waals surface area contributed by atoms with Gasteiger partial charge in [-0.05, 0) is 139 Å². The molecule has 0 bridgehead atoms. The number of thiophene rings is 3. The minimum Gasteiger partial charge on any atom is -0.505 e. The SMILES string of the molecule is COP1(=O)N=C(c2c(O)c(-c3cccs3)nn(CCC3CC3)c2=O)Nc2ccc(NS(C)(=O)=O)cc21.COP1(=O)N=C(c2c(O)c(-c3ccsc3)nn(CC3CCC3)c2=O)Nc2ccc(NS(C)(=O)=O)cc21.CS(=O)(=O)Nc1ccc2c(c1)P(=O)(O)N=C(c1c(O)c(-c3ccsc3)nn(CC3CCC3)c1=O)N2. The summed E-state index contributed by atoms with van der Waals surface area (Å²) in [5.74, 6) is -0.510. The molecule has 564 valence electrons. The van der Waals surface area contributed by atoms with Gasteiger partial charge in [0, 0.05) is 72.8 Å². The molecule has 107 heavy (non-hydrogen) atoms. The highest BCUT2D eigenvalue weighted by atomic mass is 32.2. The summed E-state index contributed by atoms with van der Waals surface area (Å²) >= 11 is 4.19. The van der Waals surface area contributed by atoms with Crippen LogP contribution in [-0.4, -0.2) is 125 Å². The predicted molar refractivity (Wildman–Crippen MR) is 416 cm³/mol. The van der Waals surface area contributed by atoms with E-state index in [-0.39, 0.29) is 101 Å². The van der Waals surface area contributed by atoms with E-state index in [1.165, 1.54) is 117 Å². The monoisotopic (exact) mass is 1630 g/mol. The van der Waals surface area contributed by atoms with Gasteiger partial charge in [-0.2, -0.15) is 52.3 Å². The van der Waals surface area contributed by atoms with E-state index in [0.29, 0.717) is 64.8 Å². The molecule has 3 unspecified atom stereocenters. The number of rotatable bonds is 21. The van der Waals surface area contributed by atoms with E-state index in [1.54, 1.807) is 23.6 Å². The molecule has 9 heterocycles. The molecule has 3 aliphatic heterocycles. The van der Waals surface area contributed by atoms with Gasteiger partial charge in [0.25, 0.3) is 16.7 Å². The number of hydrogen-bond donors (Lipinski definition) is 10. The molecule has 3 atom stereocenters. The molecule has 0 spiro atoms. The van der Waals surface area contributed by atoms with Crippen LogP contribution in [0.2, 0.25) is 0 Å². The Bertz CT molecular complexity index is 5840. The fourth-order valence-corrected chi connectivity index (χ4v) is 20.1. The van der Waals surface area contributed by atoms with Crippen LogP contribution in [-0.2, 0) is 72.4 Å². The first-order valence-corrected chi connectivity index (χ1v) is 46.1. The summed E-state index contributed by atoms with van der Waals surface area (Å²) in [7, 11) is -20.6. The van der Waals surface area contributed by atoms with Gasteiger partial charge in [-0.25, -0.2) is 39.3 Å². The third kappa shape index (κ3) is 16.7. The van der Waals surface area contributed by atoms with Crippen LogP contribution in [0.15, 0.2) is 134 Å². The third-order valence-electron chi connectivity index (χ3n) is 18.0. The van der Waals surface area contributed by atoms with E-state index < -0.39 is 75.1 Å². The summed E-state index contributed by atoms with van der Waals surface area (Å²) in [5, 5.41) is 64.7. The highest BCUT2D eigenvalue weighted by molar-refractivity contribution is 7.92. The van der Waals surface area contributed by atoms with Crippen LogP contribution in [0, 0.1) is 17.8 Å². The van der Waals surface area contributed by atoms with Gasteiger partial charge in [-0.15, -0.1) is 11.3 Å². The van der Waals surface area contributed by atoms with Crippen molar-refractivity contribution < 1.29 is 68.2 Å². The first-order valence-electron chi connectivity index (χ1n) is 32.9. The Morgan fingerprint density at radius 1 is 0.514 bits per heavy atom. The van der Waals surface area contributed by atoms with Crippen molar-refractivity contribution in [3.8, 4) is 50.3 Å². The van der Waals surface area contributed by atoms with Gasteiger partial charge in [-0.3, -0.25) is 42.2 Å². The molecule has 3 aliphatic carbocycles. The van der Waals surface area contributed by atoms with Crippen LogP contribution in [0.25, 0.3) is 33.1 Å². The van der Waals surface area contributed by atoms with Crippen molar-refractivity contribution in [2.75, 3.05) is 63.1 Å². The Balaban J connectivity index is 0.000000142. The lowest BCUT2D eigenvalue weighted by atomic mass is 9.85. The van der Waals surface area contributed by atoms with E-state index in [4.69, 9.17) is 9.05 Å². The summed E-state index contributed by atoms with van der Waals surface area (Å²) < 4.78 is 144. The van der Waals surface area contributed by atoms with Crippen LogP contribution in [0.1, 0.15) is 74.5 Å². The largest absolute Gasteiger partial charge is 0.505 e. The average molecular weight is 1630 g/mol. The fraction of sp³-hybridized carbons (Fsp3) is 0.308. The van der Waals surface area contributed by atoms with Crippen LogP contribution in [0.4, 0.5) is 34.1 Å². The fourth-order valence-electron chi connectivity index (χ4n) is 12.1. The van der Waals surface area contributed by atoms with Gasteiger partial charge >= 0.3 is 22.6 Å². The van der Waals surface area contributed by atoms with Crippen molar-refractivity contribution >= 4 is 154 Å². The predicted octanol–water partition coefficient (Wildman–Crippen LogP) is 8.90. The maximum atomic E-state index is 13.7. The zero-order valence-electron chi connectivity index (χ0n) is 57.4. The van der Waals surface area contributed by atoms with Gasteiger partial charge < -0.3 is 45.2 Å². The molecule has 9 aromatic rings. The number of amidine groups is 3. The summed E-state index contributed by atoms with van der Waals surface area (Å²) in [6.07, 6.45) is 12.1. The van der Waals surface area contributed by atoms with Crippen molar-refractivity contribution in [1.29, 1.82) is 0 Å². The molecule has 3 saturated carbocycles. The van der Waals surface area contributed by atoms with E-state index in [2.05, 4.69) is 59.7 Å². The zero-order chi connectivity index (χ0) is 76.3. The molecule has 3 aromatic carbocycles. The van der Waals surface area contributed by atoms with Gasteiger partial charge in [-0.1, -0.05) is 31.7 Å². The number of benzene rings is 3. The smallest absolute Gasteiger partial charge is 0.348 e. The third-order valence-corrected chi connectivity index (χ3v) is 27.4. The minimum absolute atomic E-state index is 0.0929. The molecule has 42 heteroatoms. The standard InChI is InChI=1S/2C22H24N5O6PS2.C21H22N5O6PS2/c1-33-34(30)16-12-14(26-36(2,31)32)7-8-15(16)23-21(25-34)18-20(28)19(17-4-3-11-35-17)24-27(22(18)29)10-9-13-5-6-13;1-33-34(30)17-10-15(26-36(2,31)32)6-7-16(17)23-21(25-34)18-20(28)19(14-8-9-35-12-14)24-27(22(18)29)11-13-4-3-5-13;1-35(31,32)25-14-5-6-15-16(9-14)33(29,30)24-20(22-15)17-19(27)18(13-7-8-34-11-13)23-26(21(17)28)10-12-3-2-4-12/h3-4,7-8,11-13,26,28H,5-6,9-10H2,1-2H3,(H,23,25,30);6-10,12-13,26,28H,3-5,11H2,1-2H3,(H,23,25,30);5-9,11-12,25,27H,2-4,10H2,1H3,(H2,22,24,29,30). The Morgan fingerprint density at radius 3 is 1.27 bits per heavy atom. The number of anilines is 6. The maximum absolute atomic E-state index is 13.7. The first-order chi connectivity index (χ1) is 50.7. The molecule has 6 aromatic heterocycles.